The maximum atomic E-state index is 12.8. The van der Waals surface area contributed by atoms with E-state index < -0.39 is 11.4 Å². The van der Waals surface area contributed by atoms with E-state index >= 15 is 0 Å². The SMILES string of the molecule is COC(=O)[C@@H]1CC[C@]2(CO)[C@H]3CC=C4[C@@H]5CC(C)(C)CC[C@]5(C(=O)O)CC[C@@]4(C)[C@]3(C)CC[C@H]2C1(C)C. The lowest BCUT2D eigenvalue weighted by Gasteiger charge is -2.71. The highest BCUT2D eigenvalue weighted by molar-refractivity contribution is 5.76. The second-order valence-electron chi connectivity index (χ2n) is 15.5. The van der Waals surface area contributed by atoms with Crippen LogP contribution >= 0.6 is 0 Å². The summed E-state index contributed by atoms with van der Waals surface area (Å²) in [7, 11) is 1.49. The van der Waals surface area contributed by atoms with Gasteiger partial charge >= 0.3 is 11.9 Å². The number of carbonyl (C=O) groups excluding carboxylic acids is 1. The number of hydrogen-bond acceptors (Lipinski definition) is 4. The van der Waals surface area contributed by atoms with Crippen LogP contribution in [0.4, 0.5) is 0 Å². The fourth-order valence-electron chi connectivity index (χ4n) is 11.2. The summed E-state index contributed by atoms with van der Waals surface area (Å²) in [6.07, 6.45) is 11.4. The minimum absolute atomic E-state index is 0.00323. The second-order valence-corrected chi connectivity index (χ2v) is 15.5. The topological polar surface area (TPSA) is 83.8 Å². The number of methoxy groups -OCH3 is 1. The summed E-state index contributed by atoms with van der Waals surface area (Å²) in [5.74, 6) is -0.160. The number of aliphatic hydroxyl groups is 1. The number of ether oxygens (including phenoxy) is 1. The molecule has 5 aliphatic carbocycles. The van der Waals surface area contributed by atoms with Crippen molar-refractivity contribution < 1.29 is 24.5 Å². The molecule has 8 atom stereocenters. The Balaban J connectivity index is 1.59. The van der Waals surface area contributed by atoms with Crippen LogP contribution in [0.15, 0.2) is 11.6 Å². The highest BCUT2D eigenvalue weighted by Gasteiger charge is 2.70. The molecule has 0 heterocycles. The van der Waals surface area contributed by atoms with Gasteiger partial charge in [0.2, 0.25) is 0 Å². The average molecular weight is 515 g/mol. The van der Waals surface area contributed by atoms with Gasteiger partial charge in [-0.05, 0) is 104 Å². The van der Waals surface area contributed by atoms with Crippen molar-refractivity contribution in [2.75, 3.05) is 13.7 Å². The van der Waals surface area contributed by atoms with Crippen molar-refractivity contribution >= 4 is 11.9 Å². The van der Waals surface area contributed by atoms with Gasteiger partial charge in [-0.15, -0.1) is 0 Å². The summed E-state index contributed by atoms with van der Waals surface area (Å²) in [4.78, 5) is 25.6. The molecule has 4 saturated carbocycles. The molecule has 37 heavy (non-hydrogen) atoms. The molecule has 5 heteroatoms. The summed E-state index contributed by atoms with van der Waals surface area (Å²) in [5, 5.41) is 21.7. The zero-order chi connectivity index (χ0) is 27.2. The first-order valence-corrected chi connectivity index (χ1v) is 14.8. The van der Waals surface area contributed by atoms with Crippen molar-refractivity contribution in [3.63, 3.8) is 0 Å². The Kier molecular flexibility index (Phi) is 6.12. The van der Waals surface area contributed by atoms with Crippen LogP contribution in [0.2, 0.25) is 0 Å². The van der Waals surface area contributed by atoms with E-state index in [0.29, 0.717) is 5.92 Å². The molecule has 4 fully saturated rings. The van der Waals surface area contributed by atoms with Crippen molar-refractivity contribution in [1.29, 1.82) is 0 Å². The van der Waals surface area contributed by atoms with E-state index in [-0.39, 0.29) is 57.4 Å². The highest BCUT2D eigenvalue weighted by atomic mass is 16.5. The van der Waals surface area contributed by atoms with Crippen molar-refractivity contribution in [1.82, 2.24) is 0 Å². The number of allylic oxidation sites excluding steroid dienone is 2. The van der Waals surface area contributed by atoms with Gasteiger partial charge in [-0.1, -0.05) is 53.2 Å². The third-order valence-corrected chi connectivity index (χ3v) is 13.6. The molecule has 0 unspecified atom stereocenters. The Hall–Kier alpha value is -1.36. The number of aliphatic hydroxyl groups excluding tert-OH is 1. The molecule has 5 aliphatic rings. The Morgan fingerprint density at radius 3 is 2.24 bits per heavy atom. The molecular weight excluding hydrogens is 464 g/mol. The number of carboxylic acids is 1. The molecule has 0 saturated heterocycles. The molecule has 0 bridgehead atoms. The van der Waals surface area contributed by atoms with Crippen LogP contribution in [0, 0.1) is 56.2 Å². The van der Waals surface area contributed by atoms with Crippen molar-refractivity contribution in [3.05, 3.63) is 11.6 Å². The summed E-state index contributed by atoms with van der Waals surface area (Å²) in [6, 6.07) is 0. The summed E-state index contributed by atoms with van der Waals surface area (Å²) >= 11 is 0. The van der Waals surface area contributed by atoms with Gasteiger partial charge in [0, 0.05) is 12.0 Å². The van der Waals surface area contributed by atoms with Gasteiger partial charge in [0.15, 0.2) is 0 Å². The normalized spacial score (nSPS) is 47.8. The lowest BCUT2D eigenvalue weighted by Crippen LogP contribution is -2.66. The maximum Gasteiger partial charge on any atom is 0.310 e. The van der Waals surface area contributed by atoms with Crippen LogP contribution in [0.25, 0.3) is 0 Å². The van der Waals surface area contributed by atoms with Gasteiger partial charge in [0.25, 0.3) is 0 Å². The second kappa shape index (κ2) is 8.32. The smallest absolute Gasteiger partial charge is 0.310 e. The van der Waals surface area contributed by atoms with Crippen LogP contribution in [0.3, 0.4) is 0 Å². The van der Waals surface area contributed by atoms with E-state index in [0.717, 1.165) is 64.2 Å². The lowest BCUT2D eigenvalue weighted by molar-refractivity contribution is -0.217. The van der Waals surface area contributed by atoms with Gasteiger partial charge < -0.3 is 14.9 Å². The molecule has 0 radical (unpaired) electrons. The fourth-order valence-corrected chi connectivity index (χ4v) is 11.2. The van der Waals surface area contributed by atoms with E-state index in [4.69, 9.17) is 4.74 Å². The van der Waals surface area contributed by atoms with Gasteiger partial charge in [0.1, 0.15) is 0 Å². The zero-order valence-electron chi connectivity index (χ0n) is 24.3. The number of carbonyl (C=O) groups is 2. The van der Waals surface area contributed by atoms with Crippen molar-refractivity contribution in [3.8, 4) is 0 Å². The molecule has 5 rings (SSSR count). The molecule has 0 spiro atoms. The molecule has 208 valence electrons. The van der Waals surface area contributed by atoms with E-state index in [9.17, 15) is 19.8 Å². The third-order valence-electron chi connectivity index (χ3n) is 13.6. The van der Waals surface area contributed by atoms with Gasteiger partial charge in [-0.2, -0.15) is 0 Å². The molecule has 0 aromatic rings. The number of esters is 1. The quantitative estimate of drug-likeness (QED) is 0.326. The number of carboxylic acid groups (broad SMARTS) is 1. The summed E-state index contributed by atoms with van der Waals surface area (Å²) in [5.41, 5.74) is 0.414. The van der Waals surface area contributed by atoms with Crippen LogP contribution in [0.1, 0.15) is 106 Å². The summed E-state index contributed by atoms with van der Waals surface area (Å²) < 4.78 is 5.22. The molecular formula is C32H50O5. The molecule has 0 aromatic heterocycles. The third kappa shape index (κ3) is 3.37. The zero-order valence-corrected chi connectivity index (χ0v) is 24.3. The Morgan fingerprint density at radius 1 is 0.946 bits per heavy atom. The van der Waals surface area contributed by atoms with Crippen molar-refractivity contribution in [2.45, 2.75) is 106 Å². The molecule has 0 aromatic carbocycles. The molecule has 2 N–H and O–H groups in total. The van der Waals surface area contributed by atoms with E-state index in [1.807, 2.05) is 0 Å². The van der Waals surface area contributed by atoms with E-state index in [1.54, 1.807) is 0 Å². The summed E-state index contributed by atoms with van der Waals surface area (Å²) in [6.45, 7) is 14.1. The van der Waals surface area contributed by atoms with Crippen molar-refractivity contribution in [2.24, 2.45) is 56.2 Å². The molecule has 5 nitrogen and oxygen atoms in total. The average Bonchev–Trinajstić information content (AvgIpc) is 2.83. The lowest BCUT2D eigenvalue weighted by atomic mass is 9.33. The van der Waals surface area contributed by atoms with Crippen LogP contribution in [-0.4, -0.2) is 35.9 Å². The van der Waals surface area contributed by atoms with Crippen LogP contribution in [-0.2, 0) is 14.3 Å². The number of aliphatic carboxylic acids is 1. The largest absolute Gasteiger partial charge is 0.481 e. The maximum absolute atomic E-state index is 12.8. The standard InChI is InChI=1S/C32H50O5/c1-27(2)14-16-31(26(35)36)17-15-29(5)20(22(31)18-27)8-9-24-30(29,6)12-11-23-28(3,4)21(25(34)37-7)10-13-32(23,24)19-33/h8,21-24,33H,9-19H2,1-7H3,(H,35,36)/t21-,22-,23-,24-,29+,30+,31-,32+/m0/s1. The highest BCUT2D eigenvalue weighted by Crippen LogP contribution is 2.76. The van der Waals surface area contributed by atoms with Crippen LogP contribution in [0.5, 0.6) is 0 Å². The first kappa shape index (κ1) is 27.2. The Bertz CT molecular complexity index is 1010. The predicted molar refractivity (Wildman–Crippen MR) is 144 cm³/mol. The Labute approximate surface area is 223 Å². The number of rotatable bonds is 3. The van der Waals surface area contributed by atoms with Gasteiger partial charge in [-0.3, -0.25) is 9.59 Å². The van der Waals surface area contributed by atoms with Gasteiger partial charge in [0.05, 0.1) is 18.4 Å². The fraction of sp³-hybridized carbons (Fsp3) is 0.875. The predicted octanol–water partition coefficient (Wildman–Crippen LogP) is 6.63. The van der Waals surface area contributed by atoms with E-state index in [1.165, 1.54) is 12.7 Å². The minimum Gasteiger partial charge on any atom is -0.481 e. The number of hydrogen-bond donors (Lipinski definition) is 2. The number of fused-ring (bicyclic) bond motifs is 7. The van der Waals surface area contributed by atoms with Gasteiger partial charge in [-0.25, -0.2) is 0 Å². The minimum atomic E-state index is -0.628. The molecule has 0 aliphatic heterocycles. The first-order valence-electron chi connectivity index (χ1n) is 14.8. The Morgan fingerprint density at radius 2 is 1.62 bits per heavy atom. The van der Waals surface area contributed by atoms with E-state index in [2.05, 4.69) is 47.6 Å². The first-order chi connectivity index (χ1) is 17.2. The van der Waals surface area contributed by atoms with Crippen LogP contribution < -0.4 is 0 Å². The molecule has 0 amide bonds. The monoisotopic (exact) mass is 514 g/mol.